The third kappa shape index (κ3) is 2.99. The second-order valence-corrected chi connectivity index (χ2v) is 6.64. The molecule has 1 aliphatic heterocycles. The molecule has 132 valence electrons. The smallest absolute Gasteiger partial charge is 0.336 e. The Labute approximate surface area is 144 Å². The molecule has 1 atom stereocenters. The highest BCUT2D eigenvalue weighted by atomic mass is 16.6. The van der Waals surface area contributed by atoms with Gasteiger partial charge in [0.15, 0.2) is 0 Å². The maximum absolute atomic E-state index is 12.1. The minimum absolute atomic E-state index is 0.0190. The number of allylic oxidation sites excluding steroid dienone is 1. The van der Waals surface area contributed by atoms with Gasteiger partial charge in [0.05, 0.1) is 5.39 Å². The third-order valence-electron chi connectivity index (χ3n) is 4.51. The number of phenols is 1. The quantitative estimate of drug-likeness (QED) is 0.523. The van der Waals surface area contributed by atoms with Gasteiger partial charge in [0.25, 0.3) is 0 Å². The van der Waals surface area contributed by atoms with Gasteiger partial charge in [0.1, 0.15) is 28.8 Å². The monoisotopic (exact) mass is 344 g/mol. The first-order valence-corrected chi connectivity index (χ1v) is 8.04. The van der Waals surface area contributed by atoms with Crippen molar-refractivity contribution < 1.29 is 23.8 Å². The van der Waals surface area contributed by atoms with E-state index in [0.717, 1.165) is 0 Å². The highest BCUT2D eigenvalue weighted by molar-refractivity contribution is 5.88. The first-order chi connectivity index (χ1) is 11.7. The van der Waals surface area contributed by atoms with Crippen molar-refractivity contribution in [1.29, 1.82) is 0 Å². The Morgan fingerprint density at radius 2 is 2.12 bits per heavy atom. The van der Waals surface area contributed by atoms with E-state index in [1.807, 2.05) is 0 Å². The summed E-state index contributed by atoms with van der Waals surface area (Å²) in [6.07, 6.45) is 1.60. The van der Waals surface area contributed by atoms with Gasteiger partial charge < -0.3 is 19.0 Å². The van der Waals surface area contributed by atoms with Gasteiger partial charge in [0.2, 0.25) is 0 Å². The zero-order valence-corrected chi connectivity index (χ0v) is 14.6. The maximum atomic E-state index is 12.1. The Hall–Kier alpha value is -2.76. The molecule has 1 aromatic carbocycles. The SMILES string of the molecule is C/C=C(/C)C(=O)OC(C)(C)[C@@H]1Cc2c(cc3oc(=O)ccc3c2O)O1. The van der Waals surface area contributed by atoms with E-state index < -0.39 is 23.3 Å². The summed E-state index contributed by atoms with van der Waals surface area (Å²) in [6.45, 7) is 6.98. The molecular weight excluding hydrogens is 324 g/mol. The van der Waals surface area contributed by atoms with Crippen LogP contribution in [0.1, 0.15) is 33.3 Å². The summed E-state index contributed by atoms with van der Waals surface area (Å²) in [6, 6.07) is 4.36. The predicted molar refractivity (Wildman–Crippen MR) is 91.9 cm³/mol. The molecule has 0 radical (unpaired) electrons. The summed E-state index contributed by atoms with van der Waals surface area (Å²) in [5.41, 5.74) is -0.0292. The molecule has 1 aliphatic rings. The number of hydrogen-bond donors (Lipinski definition) is 1. The minimum Gasteiger partial charge on any atom is -0.507 e. The number of hydrogen-bond acceptors (Lipinski definition) is 6. The van der Waals surface area contributed by atoms with Gasteiger partial charge in [-0.15, -0.1) is 0 Å². The molecule has 0 saturated carbocycles. The van der Waals surface area contributed by atoms with Crippen LogP contribution in [0.15, 0.2) is 39.1 Å². The van der Waals surface area contributed by atoms with E-state index in [1.165, 1.54) is 12.1 Å². The molecule has 2 heterocycles. The fourth-order valence-electron chi connectivity index (χ4n) is 2.79. The molecule has 0 saturated heterocycles. The number of carbonyl (C=O) groups is 1. The largest absolute Gasteiger partial charge is 0.507 e. The lowest BCUT2D eigenvalue weighted by Crippen LogP contribution is -2.43. The lowest BCUT2D eigenvalue weighted by molar-refractivity contribution is -0.159. The minimum atomic E-state index is -0.903. The Morgan fingerprint density at radius 1 is 1.40 bits per heavy atom. The van der Waals surface area contributed by atoms with Crippen molar-refractivity contribution in [3.63, 3.8) is 0 Å². The van der Waals surface area contributed by atoms with Crippen molar-refractivity contribution in [2.45, 2.75) is 45.8 Å². The molecule has 0 unspecified atom stereocenters. The van der Waals surface area contributed by atoms with Gasteiger partial charge in [-0.1, -0.05) is 6.08 Å². The van der Waals surface area contributed by atoms with Gasteiger partial charge >= 0.3 is 11.6 Å². The van der Waals surface area contributed by atoms with Crippen molar-refractivity contribution in [2.75, 3.05) is 0 Å². The van der Waals surface area contributed by atoms with E-state index in [1.54, 1.807) is 39.8 Å². The molecule has 0 fully saturated rings. The van der Waals surface area contributed by atoms with Crippen molar-refractivity contribution in [1.82, 2.24) is 0 Å². The highest BCUT2D eigenvalue weighted by Crippen LogP contribution is 2.43. The number of carbonyl (C=O) groups excluding carboxylic acids is 1. The summed E-state index contributed by atoms with van der Waals surface area (Å²) in [4.78, 5) is 23.4. The van der Waals surface area contributed by atoms with E-state index in [9.17, 15) is 14.7 Å². The standard InChI is InChI=1S/C19H20O6/c1-5-10(2)18(22)25-19(3,4)15-8-12-14(23-15)9-13-11(17(12)21)6-7-16(20)24-13/h5-7,9,15,21H,8H2,1-4H3/b10-5-/t15-/m0/s1. The molecule has 6 nitrogen and oxygen atoms in total. The van der Waals surface area contributed by atoms with Crippen LogP contribution in [0.4, 0.5) is 0 Å². The van der Waals surface area contributed by atoms with Crippen molar-refractivity contribution >= 4 is 16.9 Å². The number of esters is 1. The fraction of sp³-hybridized carbons (Fsp3) is 0.368. The Kier molecular flexibility index (Phi) is 4.06. The molecule has 0 bridgehead atoms. The van der Waals surface area contributed by atoms with E-state index in [0.29, 0.717) is 28.7 Å². The maximum Gasteiger partial charge on any atom is 0.336 e. The third-order valence-corrected chi connectivity index (χ3v) is 4.51. The lowest BCUT2D eigenvalue weighted by atomic mass is 9.95. The van der Waals surface area contributed by atoms with Crippen LogP contribution in [-0.2, 0) is 16.0 Å². The van der Waals surface area contributed by atoms with Gasteiger partial charge in [-0.3, -0.25) is 0 Å². The summed E-state index contributed by atoms with van der Waals surface area (Å²) >= 11 is 0. The number of benzene rings is 1. The first kappa shape index (κ1) is 17.1. The van der Waals surface area contributed by atoms with E-state index in [4.69, 9.17) is 13.9 Å². The molecular formula is C19H20O6. The van der Waals surface area contributed by atoms with Crippen molar-refractivity contribution in [3.8, 4) is 11.5 Å². The molecule has 25 heavy (non-hydrogen) atoms. The van der Waals surface area contributed by atoms with Crippen LogP contribution in [0.5, 0.6) is 11.5 Å². The molecule has 3 rings (SSSR count). The zero-order chi connectivity index (χ0) is 18.4. The highest BCUT2D eigenvalue weighted by Gasteiger charge is 2.41. The summed E-state index contributed by atoms with van der Waals surface area (Å²) in [5, 5.41) is 10.9. The fourth-order valence-corrected chi connectivity index (χ4v) is 2.79. The van der Waals surface area contributed by atoms with Crippen LogP contribution in [0.25, 0.3) is 11.0 Å². The zero-order valence-electron chi connectivity index (χ0n) is 14.6. The number of phenolic OH excluding ortho intramolecular Hbond substituents is 1. The molecule has 2 aromatic rings. The normalized spacial score (nSPS) is 17.3. The van der Waals surface area contributed by atoms with Crippen LogP contribution >= 0.6 is 0 Å². The van der Waals surface area contributed by atoms with Crippen LogP contribution in [0.3, 0.4) is 0 Å². The number of rotatable bonds is 3. The average Bonchev–Trinajstić information content (AvgIpc) is 2.98. The molecule has 0 spiro atoms. The van der Waals surface area contributed by atoms with Crippen molar-refractivity contribution in [3.05, 3.63) is 45.8 Å². The second kappa shape index (κ2) is 5.95. The molecule has 0 aliphatic carbocycles. The van der Waals surface area contributed by atoms with Crippen molar-refractivity contribution in [2.24, 2.45) is 0 Å². The summed E-state index contributed by atoms with van der Waals surface area (Å²) in [5.74, 6) is 0.0363. The van der Waals surface area contributed by atoms with Gasteiger partial charge in [-0.25, -0.2) is 9.59 Å². The van der Waals surface area contributed by atoms with Gasteiger partial charge in [-0.2, -0.15) is 0 Å². The first-order valence-electron chi connectivity index (χ1n) is 8.04. The predicted octanol–water partition coefficient (Wildman–Crippen LogP) is 3.09. The van der Waals surface area contributed by atoms with Crippen LogP contribution in [-0.4, -0.2) is 22.8 Å². The van der Waals surface area contributed by atoms with Crippen LogP contribution in [0.2, 0.25) is 0 Å². The molecule has 6 heteroatoms. The average molecular weight is 344 g/mol. The van der Waals surface area contributed by atoms with Gasteiger partial charge in [0, 0.05) is 29.7 Å². The summed E-state index contributed by atoms with van der Waals surface area (Å²) in [7, 11) is 0. The Bertz CT molecular complexity index is 935. The molecule has 1 aromatic heterocycles. The van der Waals surface area contributed by atoms with E-state index in [2.05, 4.69) is 0 Å². The van der Waals surface area contributed by atoms with Crippen LogP contribution in [0, 0.1) is 0 Å². The van der Waals surface area contributed by atoms with E-state index >= 15 is 0 Å². The molecule has 1 N–H and O–H groups in total. The topological polar surface area (TPSA) is 86.0 Å². The molecule has 0 amide bonds. The Balaban J connectivity index is 1.93. The lowest BCUT2D eigenvalue weighted by Gasteiger charge is -2.30. The van der Waals surface area contributed by atoms with Crippen LogP contribution < -0.4 is 10.4 Å². The number of fused-ring (bicyclic) bond motifs is 2. The number of aromatic hydroxyl groups is 1. The van der Waals surface area contributed by atoms with Gasteiger partial charge in [-0.05, 0) is 33.8 Å². The Morgan fingerprint density at radius 3 is 2.80 bits per heavy atom. The number of ether oxygens (including phenoxy) is 2. The second-order valence-electron chi connectivity index (χ2n) is 6.64. The van der Waals surface area contributed by atoms with E-state index in [-0.39, 0.29) is 11.3 Å². The summed E-state index contributed by atoms with van der Waals surface area (Å²) < 4.78 is 16.6.